The SMILES string of the molecule is CCCC(C)c1c(O)nc(Nc2nc(C)c3cccc(C)c3n2)[nH]c1=O. The van der Waals surface area contributed by atoms with Crippen LogP contribution in [0.5, 0.6) is 5.88 Å². The maximum absolute atomic E-state index is 12.4. The van der Waals surface area contributed by atoms with E-state index in [2.05, 4.69) is 25.3 Å². The maximum Gasteiger partial charge on any atom is 0.259 e. The average molecular weight is 353 g/mol. The molecule has 0 saturated carbocycles. The predicted molar refractivity (Wildman–Crippen MR) is 102 cm³/mol. The number of nitrogens with zero attached hydrogens (tertiary/aromatic N) is 3. The second-order valence-corrected chi connectivity index (χ2v) is 6.57. The zero-order valence-electron chi connectivity index (χ0n) is 15.4. The molecule has 1 aromatic carbocycles. The van der Waals surface area contributed by atoms with E-state index in [4.69, 9.17) is 0 Å². The van der Waals surface area contributed by atoms with Gasteiger partial charge in [0.25, 0.3) is 5.56 Å². The number of aryl methyl sites for hydroxylation is 2. The fourth-order valence-corrected chi connectivity index (χ4v) is 3.16. The van der Waals surface area contributed by atoms with Gasteiger partial charge in [0.2, 0.25) is 17.8 Å². The van der Waals surface area contributed by atoms with Gasteiger partial charge < -0.3 is 5.11 Å². The van der Waals surface area contributed by atoms with Crippen LogP contribution < -0.4 is 10.9 Å². The molecule has 0 amide bonds. The Balaban J connectivity index is 1.98. The summed E-state index contributed by atoms with van der Waals surface area (Å²) in [5.41, 5.74) is 2.64. The van der Waals surface area contributed by atoms with Gasteiger partial charge in [0.15, 0.2) is 0 Å². The molecule has 7 heteroatoms. The Hall–Kier alpha value is -2.96. The summed E-state index contributed by atoms with van der Waals surface area (Å²) in [6.45, 7) is 7.82. The molecule has 0 saturated heterocycles. The molecule has 7 nitrogen and oxygen atoms in total. The monoisotopic (exact) mass is 353 g/mol. The first kappa shape index (κ1) is 17.8. The summed E-state index contributed by atoms with van der Waals surface area (Å²) in [4.78, 5) is 28.0. The highest BCUT2D eigenvalue weighted by atomic mass is 16.3. The van der Waals surface area contributed by atoms with Crippen molar-refractivity contribution in [3.8, 4) is 5.88 Å². The molecular formula is C19H23N5O2. The van der Waals surface area contributed by atoms with Crippen LogP contribution in [0.15, 0.2) is 23.0 Å². The minimum absolute atomic E-state index is 0.0629. The van der Waals surface area contributed by atoms with E-state index in [1.807, 2.05) is 45.9 Å². The van der Waals surface area contributed by atoms with Crippen molar-refractivity contribution in [3.63, 3.8) is 0 Å². The lowest BCUT2D eigenvalue weighted by atomic mass is 9.99. The lowest BCUT2D eigenvalue weighted by Gasteiger charge is -2.12. The molecule has 3 rings (SSSR count). The summed E-state index contributed by atoms with van der Waals surface area (Å²) in [7, 11) is 0. The Morgan fingerprint density at radius 1 is 1.23 bits per heavy atom. The van der Waals surface area contributed by atoms with Crippen molar-refractivity contribution in [2.45, 2.75) is 46.5 Å². The highest BCUT2D eigenvalue weighted by Gasteiger charge is 2.17. The number of hydrogen-bond donors (Lipinski definition) is 3. The largest absolute Gasteiger partial charge is 0.493 e. The topological polar surface area (TPSA) is 104 Å². The molecule has 136 valence electrons. The van der Waals surface area contributed by atoms with Gasteiger partial charge in [0.05, 0.1) is 16.8 Å². The first-order valence-electron chi connectivity index (χ1n) is 8.74. The molecule has 0 aliphatic carbocycles. The number of fused-ring (bicyclic) bond motifs is 1. The van der Waals surface area contributed by atoms with E-state index < -0.39 is 0 Å². The fourth-order valence-electron chi connectivity index (χ4n) is 3.16. The Labute approximate surface area is 151 Å². The van der Waals surface area contributed by atoms with Crippen molar-refractivity contribution in [2.24, 2.45) is 0 Å². The van der Waals surface area contributed by atoms with Gasteiger partial charge in [-0.15, -0.1) is 0 Å². The lowest BCUT2D eigenvalue weighted by molar-refractivity contribution is 0.436. The van der Waals surface area contributed by atoms with Crippen LogP contribution in [-0.4, -0.2) is 25.0 Å². The average Bonchev–Trinajstić information content (AvgIpc) is 2.55. The van der Waals surface area contributed by atoms with E-state index in [9.17, 15) is 9.90 Å². The summed E-state index contributed by atoms with van der Waals surface area (Å²) >= 11 is 0. The molecule has 2 heterocycles. The molecule has 26 heavy (non-hydrogen) atoms. The van der Waals surface area contributed by atoms with Crippen LogP contribution in [-0.2, 0) is 0 Å². The smallest absolute Gasteiger partial charge is 0.259 e. The van der Waals surface area contributed by atoms with Crippen molar-refractivity contribution in [1.29, 1.82) is 0 Å². The van der Waals surface area contributed by atoms with Gasteiger partial charge in [-0.2, -0.15) is 4.98 Å². The Morgan fingerprint density at radius 2 is 2.00 bits per heavy atom. The van der Waals surface area contributed by atoms with Crippen molar-refractivity contribution >= 4 is 22.8 Å². The molecular weight excluding hydrogens is 330 g/mol. The number of anilines is 2. The van der Waals surface area contributed by atoms with E-state index in [0.29, 0.717) is 11.5 Å². The second kappa shape index (κ2) is 7.11. The molecule has 0 radical (unpaired) electrons. The van der Waals surface area contributed by atoms with Crippen molar-refractivity contribution < 1.29 is 5.11 Å². The molecule has 1 atom stereocenters. The van der Waals surface area contributed by atoms with E-state index in [0.717, 1.165) is 35.0 Å². The molecule has 0 aliphatic rings. The molecule has 3 aromatic rings. The van der Waals surface area contributed by atoms with Crippen LogP contribution in [0.2, 0.25) is 0 Å². The summed E-state index contributed by atoms with van der Waals surface area (Å²) < 4.78 is 0. The highest BCUT2D eigenvalue weighted by Crippen LogP contribution is 2.25. The summed E-state index contributed by atoms with van der Waals surface area (Å²) in [6, 6.07) is 5.92. The highest BCUT2D eigenvalue weighted by molar-refractivity contribution is 5.84. The molecule has 0 aliphatic heterocycles. The Bertz CT molecular complexity index is 1010. The van der Waals surface area contributed by atoms with Crippen molar-refractivity contribution in [3.05, 3.63) is 45.4 Å². The number of hydrogen-bond acceptors (Lipinski definition) is 6. The van der Waals surface area contributed by atoms with Gasteiger partial charge in [0.1, 0.15) is 0 Å². The zero-order chi connectivity index (χ0) is 18.8. The summed E-state index contributed by atoms with van der Waals surface area (Å²) in [6.07, 6.45) is 1.72. The second-order valence-electron chi connectivity index (χ2n) is 6.57. The third kappa shape index (κ3) is 3.37. The Morgan fingerprint density at radius 3 is 2.69 bits per heavy atom. The Kier molecular flexibility index (Phi) is 4.88. The summed E-state index contributed by atoms with van der Waals surface area (Å²) in [5, 5.41) is 14.1. The van der Waals surface area contributed by atoms with Crippen molar-refractivity contribution in [2.75, 3.05) is 5.32 Å². The third-order valence-electron chi connectivity index (χ3n) is 4.50. The fraction of sp³-hybridized carbons (Fsp3) is 0.368. The van der Waals surface area contributed by atoms with Crippen LogP contribution >= 0.6 is 0 Å². The van der Waals surface area contributed by atoms with E-state index >= 15 is 0 Å². The number of aromatic nitrogens is 4. The van der Waals surface area contributed by atoms with Crippen LogP contribution in [0.3, 0.4) is 0 Å². The number of rotatable bonds is 5. The standard InChI is InChI=1S/C19H23N5O2/c1-5-7-10(2)14-16(25)22-19(23-17(14)26)24-18-20-12(4)13-9-6-8-11(3)15(13)21-18/h6,8-10H,5,7H2,1-4H3,(H3,20,21,22,23,24,25,26). The number of H-pyrrole nitrogens is 1. The van der Waals surface area contributed by atoms with E-state index in [1.54, 1.807) is 0 Å². The number of benzene rings is 1. The van der Waals surface area contributed by atoms with E-state index in [1.165, 1.54) is 0 Å². The lowest BCUT2D eigenvalue weighted by Crippen LogP contribution is -2.18. The molecule has 0 bridgehead atoms. The first-order valence-corrected chi connectivity index (χ1v) is 8.74. The van der Waals surface area contributed by atoms with Crippen molar-refractivity contribution in [1.82, 2.24) is 19.9 Å². The number of aromatic amines is 1. The van der Waals surface area contributed by atoms with Crippen LogP contribution in [0.1, 0.15) is 49.4 Å². The number of nitrogens with one attached hydrogen (secondary N) is 2. The van der Waals surface area contributed by atoms with E-state index in [-0.39, 0.29) is 23.3 Å². The third-order valence-corrected chi connectivity index (χ3v) is 4.50. The first-order chi connectivity index (χ1) is 12.4. The molecule has 0 fully saturated rings. The van der Waals surface area contributed by atoms with Gasteiger partial charge in [-0.1, -0.05) is 38.5 Å². The molecule has 3 N–H and O–H groups in total. The number of aromatic hydroxyl groups is 1. The van der Waals surface area contributed by atoms with Crippen LogP contribution in [0.25, 0.3) is 10.9 Å². The predicted octanol–water partition coefficient (Wildman–Crippen LogP) is 3.68. The van der Waals surface area contributed by atoms with Gasteiger partial charge in [-0.3, -0.25) is 15.1 Å². The quantitative estimate of drug-likeness (QED) is 0.646. The van der Waals surface area contributed by atoms with Crippen LogP contribution in [0, 0.1) is 13.8 Å². The number of para-hydroxylation sites is 1. The normalized spacial score (nSPS) is 12.3. The molecule has 1 unspecified atom stereocenters. The zero-order valence-corrected chi connectivity index (χ0v) is 15.4. The molecule has 2 aromatic heterocycles. The summed E-state index contributed by atoms with van der Waals surface area (Å²) in [5.74, 6) is 0.117. The van der Waals surface area contributed by atoms with Gasteiger partial charge >= 0.3 is 0 Å². The maximum atomic E-state index is 12.4. The minimum atomic E-state index is -0.352. The van der Waals surface area contributed by atoms with Crippen LogP contribution in [0.4, 0.5) is 11.9 Å². The molecule has 0 spiro atoms. The van der Waals surface area contributed by atoms with Gasteiger partial charge in [-0.05, 0) is 31.7 Å². The van der Waals surface area contributed by atoms with Gasteiger partial charge in [-0.25, -0.2) is 9.97 Å². The van der Waals surface area contributed by atoms with Gasteiger partial charge in [0, 0.05) is 5.39 Å². The minimum Gasteiger partial charge on any atom is -0.493 e.